The van der Waals surface area contributed by atoms with Crippen molar-refractivity contribution in [2.75, 3.05) is 0 Å². The number of azo groups is 1. The topological polar surface area (TPSA) is 88.3 Å². The van der Waals surface area contributed by atoms with Gasteiger partial charge < -0.3 is 5.84 Å². The van der Waals surface area contributed by atoms with Crippen LogP contribution in [0.1, 0.15) is 0 Å². The molecule has 0 saturated heterocycles. The Hall–Kier alpha value is -3.93. The Morgan fingerprint density at radius 2 is 1.56 bits per heavy atom. The molecule has 0 spiro atoms. The molecule has 0 saturated carbocycles. The van der Waals surface area contributed by atoms with Gasteiger partial charge in [0.2, 0.25) is 0 Å². The van der Waals surface area contributed by atoms with E-state index in [-0.39, 0.29) is 0 Å². The first-order valence-electron chi connectivity index (χ1n) is 8.40. The number of rotatable bonds is 4. The molecule has 4 rings (SSSR count). The Balaban J connectivity index is 1.66. The lowest BCUT2D eigenvalue weighted by molar-refractivity contribution is 1.06. The first kappa shape index (κ1) is 16.5. The highest BCUT2D eigenvalue weighted by Gasteiger charge is 2.07. The third kappa shape index (κ3) is 3.55. The predicted molar refractivity (Wildman–Crippen MR) is 107 cm³/mol. The normalized spacial score (nSPS) is 11.6. The van der Waals surface area contributed by atoms with Crippen molar-refractivity contribution in [3.05, 3.63) is 85.2 Å². The molecule has 1 aromatic heterocycles. The summed E-state index contributed by atoms with van der Waals surface area (Å²) in [5, 5.41) is 18.1. The maximum absolute atomic E-state index is 5.28. The standard InChI is InChI=1S/C21H16N6/c22-27-26-21-19-6-2-1-4-16(19)9-12-20(21)25-24-18-10-7-15(8-11-18)17-5-3-13-23-14-17/h1-14H,(H2,22,26). The summed E-state index contributed by atoms with van der Waals surface area (Å²) in [4.78, 5) is 4.14. The summed E-state index contributed by atoms with van der Waals surface area (Å²) in [6.07, 6.45) is 3.58. The molecular weight excluding hydrogens is 336 g/mol. The summed E-state index contributed by atoms with van der Waals surface area (Å²) in [6.45, 7) is 0. The largest absolute Gasteiger partial charge is 0.305 e. The Labute approximate surface area is 156 Å². The van der Waals surface area contributed by atoms with Crippen molar-refractivity contribution in [3.63, 3.8) is 0 Å². The van der Waals surface area contributed by atoms with Crippen molar-refractivity contribution in [1.29, 1.82) is 0 Å². The van der Waals surface area contributed by atoms with E-state index in [0.29, 0.717) is 11.4 Å². The van der Waals surface area contributed by atoms with Crippen molar-refractivity contribution in [3.8, 4) is 11.1 Å². The minimum atomic E-state index is 0.603. The van der Waals surface area contributed by atoms with E-state index >= 15 is 0 Å². The molecule has 0 atom stereocenters. The molecule has 0 aliphatic carbocycles. The number of aromatic nitrogens is 1. The van der Waals surface area contributed by atoms with E-state index in [1.165, 1.54) is 0 Å². The van der Waals surface area contributed by atoms with Gasteiger partial charge in [-0.1, -0.05) is 53.8 Å². The zero-order valence-corrected chi connectivity index (χ0v) is 14.4. The second-order valence-electron chi connectivity index (χ2n) is 5.86. The SMILES string of the molecule is NN=Nc1c(N=Nc2ccc(-c3cccnc3)cc2)ccc2ccccc12. The van der Waals surface area contributed by atoms with Crippen molar-refractivity contribution in [1.82, 2.24) is 4.98 Å². The van der Waals surface area contributed by atoms with E-state index in [1.807, 2.05) is 79.0 Å². The van der Waals surface area contributed by atoms with Crippen molar-refractivity contribution >= 4 is 27.8 Å². The van der Waals surface area contributed by atoms with Gasteiger partial charge in [0.15, 0.2) is 0 Å². The summed E-state index contributed by atoms with van der Waals surface area (Å²) in [7, 11) is 0. The number of hydrogen-bond acceptors (Lipinski definition) is 5. The predicted octanol–water partition coefficient (Wildman–Crippen LogP) is 6.27. The monoisotopic (exact) mass is 352 g/mol. The minimum absolute atomic E-state index is 0.603. The molecule has 0 fully saturated rings. The van der Waals surface area contributed by atoms with Crippen LogP contribution in [0.4, 0.5) is 17.1 Å². The fourth-order valence-corrected chi connectivity index (χ4v) is 2.85. The van der Waals surface area contributed by atoms with Crippen LogP contribution in [0.25, 0.3) is 21.9 Å². The molecule has 0 amide bonds. The van der Waals surface area contributed by atoms with Gasteiger partial charge in [-0.25, -0.2) is 0 Å². The van der Waals surface area contributed by atoms with Gasteiger partial charge in [0.25, 0.3) is 0 Å². The maximum atomic E-state index is 5.28. The number of benzene rings is 3. The Morgan fingerprint density at radius 3 is 2.33 bits per heavy atom. The van der Waals surface area contributed by atoms with Crippen LogP contribution in [-0.2, 0) is 0 Å². The van der Waals surface area contributed by atoms with Crippen molar-refractivity contribution < 1.29 is 0 Å². The average molecular weight is 352 g/mol. The van der Waals surface area contributed by atoms with E-state index in [2.05, 4.69) is 25.5 Å². The molecule has 2 N–H and O–H groups in total. The number of nitrogens with two attached hydrogens (primary N) is 1. The second kappa shape index (κ2) is 7.53. The highest BCUT2D eigenvalue weighted by atomic mass is 15.3. The third-order valence-corrected chi connectivity index (χ3v) is 4.17. The van der Waals surface area contributed by atoms with E-state index < -0.39 is 0 Å². The van der Waals surface area contributed by atoms with Crippen molar-refractivity contribution in [2.45, 2.75) is 0 Å². The quantitative estimate of drug-likeness (QED) is 0.266. The van der Waals surface area contributed by atoms with E-state index in [0.717, 1.165) is 27.6 Å². The molecule has 0 unspecified atom stereocenters. The molecule has 130 valence electrons. The summed E-state index contributed by atoms with van der Waals surface area (Å²) < 4.78 is 0. The van der Waals surface area contributed by atoms with Gasteiger partial charge >= 0.3 is 0 Å². The zero-order chi connectivity index (χ0) is 18.5. The Kier molecular flexibility index (Phi) is 4.61. The van der Waals surface area contributed by atoms with Crippen LogP contribution in [0.5, 0.6) is 0 Å². The maximum Gasteiger partial charge on any atom is 0.123 e. The molecular formula is C21H16N6. The van der Waals surface area contributed by atoms with Gasteiger partial charge in [0.1, 0.15) is 11.4 Å². The average Bonchev–Trinajstić information content (AvgIpc) is 2.74. The van der Waals surface area contributed by atoms with Crippen LogP contribution in [0.3, 0.4) is 0 Å². The molecule has 27 heavy (non-hydrogen) atoms. The third-order valence-electron chi connectivity index (χ3n) is 4.17. The molecule has 6 heteroatoms. The number of fused-ring (bicyclic) bond motifs is 1. The number of pyridine rings is 1. The van der Waals surface area contributed by atoms with E-state index in [4.69, 9.17) is 5.84 Å². The summed E-state index contributed by atoms with van der Waals surface area (Å²) in [5.41, 5.74) is 4.09. The molecule has 3 aromatic carbocycles. The van der Waals surface area contributed by atoms with Crippen LogP contribution in [0, 0.1) is 0 Å². The van der Waals surface area contributed by atoms with Gasteiger partial charge in [0, 0.05) is 17.8 Å². The van der Waals surface area contributed by atoms with Gasteiger partial charge in [-0.3, -0.25) is 4.98 Å². The summed E-state index contributed by atoms with van der Waals surface area (Å²) in [6, 6.07) is 23.5. The van der Waals surface area contributed by atoms with Crippen molar-refractivity contribution in [2.24, 2.45) is 26.4 Å². The smallest absolute Gasteiger partial charge is 0.123 e. The highest BCUT2D eigenvalue weighted by Crippen LogP contribution is 2.37. The van der Waals surface area contributed by atoms with E-state index in [9.17, 15) is 0 Å². The van der Waals surface area contributed by atoms with Crippen LogP contribution < -0.4 is 5.84 Å². The highest BCUT2D eigenvalue weighted by molar-refractivity contribution is 5.97. The first-order valence-corrected chi connectivity index (χ1v) is 8.40. The van der Waals surface area contributed by atoms with Gasteiger partial charge in [0.05, 0.1) is 5.69 Å². The molecule has 0 aliphatic rings. The lowest BCUT2D eigenvalue weighted by Crippen LogP contribution is -1.79. The van der Waals surface area contributed by atoms with E-state index in [1.54, 1.807) is 6.20 Å². The second-order valence-corrected chi connectivity index (χ2v) is 5.86. The lowest BCUT2D eigenvalue weighted by atomic mass is 10.1. The van der Waals surface area contributed by atoms with Gasteiger partial charge in [-0.15, -0.1) is 10.2 Å². The fraction of sp³-hybridized carbons (Fsp3) is 0. The summed E-state index contributed by atoms with van der Waals surface area (Å²) in [5.74, 6) is 5.28. The summed E-state index contributed by atoms with van der Waals surface area (Å²) >= 11 is 0. The Morgan fingerprint density at radius 1 is 0.704 bits per heavy atom. The molecule has 4 aromatic rings. The minimum Gasteiger partial charge on any atom is -0.305 e. The molecule has 0 radical (unpaired) electrons. The molecule has 1 heterocycles. The lowest BCUT2D eigenvalue weighted by Gasteiger charge is -2.04. The zero-order valence-electron chi connectivity index (χ0n) is 14.4. The molecule has 0 bridgehead atoms. The first-order chi connectivity index (χ1) is 13.3. The van der Waals surface area contributed by atoms with Crippen LogP contribution in [0.15, 0.2) is 106 Å². The van der Waals surface area contributed by atoms with Crippen LogP contribution in [0.2, 0.25) is 0 Å². The number of hydrogen-bond donors (Lipinski definition) is 1. The van der Waals surface area contributed by atoms with Crippen LogP contribution in [-0.4, -0.2) is 4.98 Å². The molecule has 6 nitrogen and oxygen atoms in total. The Bertz CT molecular complexity index is 1120. The van der Waals surface area contributed by atoms with Gasteiger partial charge in [-0.2, -0.15) is 5.11 Å². The van der Waals surface area contributed by atoms with Crippen LogP contribution >= 0.6 is 0 Å². The number of nitrogens with zero attached hydrogens (tertiary/aromatic N) is 5. The molecule has 0 aliphatic heterocycles. The fourth-order valence-electron chi connectivity index (χ4n) is 2.85. The van der Waals surface area contributed by atoms with Gasteiger partial charge in [-0.05, 0) is 40.8 Å².